The lowest BCUT2D eigenvalue weighted by atomic mass is 10.3. The Balaban J connectivity index is 3.15. The average molecular weight is 159 g/mol. The minimum Gasteiger partial charge on any atom is -0.275 e. The predicted molar refractivity (Wildman–Crippen MR) is 38.1 cm³/mol. The van der Waals surface area contributed by atoms with Crippen molar-refractivity contribution in [2.75, 3.05) is 0 Å². The summed E-state index contributed by atoms with van der Waals surface area (Å²) in [7, 11) is 1.75. The number of nitrogens with zero attached hydrogens (tertiary/aromatic N) is 2. The summed E-state index contributed by atoms with van der Waals surface area (Å²) in [5, 5.41) is 3.49. The highest BCUT2D eigenvalue weighted by Gasteiger charge is 2.08. The van der Waals surface area contributed by atoms with E-state index in [1.54, 1.807) is 24.9 Å². The monoisotopic (exact) mass is 158 g/mol. The van der Waals surface area contributed by atoms with Crippen molar-refractivity contribution < 1.29 is 4.79 Å². The molecule has 0 fully saturated rings. The van der Waals surface area contributed by atoms with Crippen LogP contribution < -0.4 is 0 Å². The summed E-state index contributed by atoms with van der Waals surface area (Å²) >= 11 is 5.23. The molecule has 0 aliphatic heterocycles. The summed E-state index contributed by atoms with van der Waals surface area (Å²) in [5.41, 5.74) is 1.15. The number of carbonyl (C=O) groups excluding carboxylic acids is 1. The van der Waals surface area contributed by atoms with Crippen LogP contribution in [0.5, 0.6) is 0 Å². The summed E-state index contributed by atoms with van der Waals surface area (Å²) in [5.74, 6) is 0. The number of aryl methyl sites for hydroxylation is 2. The van der Waals surface area contributed by atoms with E-state index in [0.717, 1.165) is 0 Å². The smallest absolute Gasteiger partial charge is 0.255 e. The standard InChI is InChI=1S/C6H7ClN2O/c1-4-5(6(7)10)3-9(2)8-4/h3H,1-2H3. The van der Waals surface area contributed by atoms with Crippen LogP contribution in [0.3, 0.4) is 0 Å². The Labute approximate surface area is 63.6 Å². The van der Waals surface area contributed by atoms with Gasteiger partial charge >= 0.3 is 0 Å². The Kier molecular flexibility index (Phi) is 1.76. The highest BCUT2D eigenvalue weighted by molar-refractivity contribution is 6.67. The fourth-order valence-electron chi connectivity index (χ4n) is 0.793. The van der Waals surface area contributed by atoms with Crippen LogP contribution in [0.15, 0.2) is 6.20 Å². The SMILES string of the molecule is Cc1nn(C)cc1C(=O)Cl. The lowest BCUT2D eigenvalue weighted by Gasteiger charge is -1.82. The van der Waals surface area contributed by atoms with Gasteiger partial charge in [0.25, 0.3) is 5.24 Å². The minimum atomic E-state index is -0.453. The molecule has 0 aliphatic rings. The molecule has 0 atom stereocenters. The van der Waals surface area contributed by atoms with Gasteiger partial charge in [0.1, 0.15) is 0 Å². The summed E-state index contributed by atoms with van der Waals surface area (Å²) in [6.07, 6.45) is 1.60. The molecule has 0 aromatic carbocycles. The van der Waals surface area contributed by atoms with Crippen LogP contribution in [-0.2, 0) is 7.05 Å². The van der Waals surface area contributed by atoms with Gasteiger partial charge in [-0.3, -0.25) is 9.48 Å². The Bertz CT molecular complexity index is 267. The van der Waals surface area contributed by atoms with Crippen LogP contribution in [-0.4, -0.2) is 15.0 Å². The van der Waals surface area contributed by atoms with E-state index in [1.165, 1.54) is 0 Å². The molecule has 0 amide bonds. The molecule has 0 saturated carbocycles. The maximum Gasteiger partial charge on any atom is 0.255 e. The molecule has 0 bridgehead atoms. The molecule has 54 valence electrons. The molecule has 1 heterocycles. The fraction of sp³-hybridized carbons (Fsp3) is 0.333. The second-order valence-electron chi connectivity index (χ2n) is 2.08. The first kappa shape index (κ1) is 7.28. The van der Waals surface area contributed by atoms with Gasteiger partial charge in [-0.05, 0) is 18.5 Å². The second-order valence-corrected chi connectivity index (χ2v) is 2.42. The van der Waals surface area contributed by atoms with Gasteiger partial charge < -0.3 is 0 Å². The topological polar surface area (TPSA) is 34.9 Å². The summed E-state index contributed by atoms with van der Waals surface area (Å²) in [6, 6.07) is 0. The molecule has 1 rings (SSSR count). The quantitative estimate of drug-likeness (QED) is 0.574. The van der Waals surface area contributed by atoms with E-state index in [0.29, 0.717) is 11.3 Å². The Hall–Kier alpha value is -0.830. The van der Waals surface area contributed by atoms with E-state index in [1.807, 2.05) is 0 Å². The van der Waals surface area contributed by atoms with Crippen molar-refractivity contribution in [3.05, 3.63) is 17.5 Å². The summed E-state index contributed by atoms with van der Waals surface area (Å²) < 4.78 is 1.56. The van der Waals surface area contributed by atoms with Crippen LogP contribution in [0.4, 0.5) is 0 Å². The van der Waals surface area contributed by atoms with Gasteiger partial charge in [-0.1, -0.05) is 0 Å². The molecule has 3 nitrogen and oxygen atoms in total. The molecule has 0 N–H and O–H groups in total. The van der Waals surface area contributed by atoms with Crippen LogP contribution in [0.1, 0.15) is 16.1 Å². The fourth-order valence-corrected chi connectivity index (χ4v) is 0.978. The van der Waals surface area contributed by atoms with E-state index in [2.05, 4.69) is 5.10 Å². The molecule has 10 heavy (non-hydrogen) atoms. The van der Waals surface area contributed by atoms with Crippen molar-refractivity contribution in [1.29, 1.82) is 0 Å². The molecule has 0 spiro atoms. The lowest BCUT2D eigenvalue weighted by molar-refractivity contribution is 0.108. The first-order chi connectivity index (χ1) is 4.61. The van der Waals surface area contributed by atoms with Crippen LogP contribution in [0.2, 0.25) is 0 Å². The van der Waals surface area contributed by atoms with Gasteiger partial charge in [-0.25, -0.2) is 0 Å². The third-order valence-corrected chi connectivity index (χ3v) is 1.43. The van der Waals surface area contributed by atoms with Crippen molar-refractivity contribution in [2.24, 2.45) is 7.05 Å². The molecule has 1 aromatic heterocycles. The van der Waals surface area contributed by atoms with Gasteiger partial charge in [0.05, 0.1) is 11.3 Å². The van der Waals surface area contributed by atoms with Crippen LogP contribution >= 0.6 is 11.6 Å². The lowest BCUT2D eigenvalue weighted by Crippen LogP contribution is -1.87. The third kappa shape index (κ3) is 1.19. The largest absolute Gasteiger partial charge is 0.275 e. The van der Waals surface area contributed by atoms with Gasteiger partial charge in [-0.2, -0.15) is 5.10 Å². The van der Waals surface area contributed by atoms with Crippen molar-refractivity contribution in [3.63, 3.8) is 0 Å². The van der Waals surface area contributed by atoms with Crippen molar-refractivity contribution in [1.82, 2.24) is 9.78 Å². The zero-order valence-corrected chi connectivity index (χ0v) is 6.51. The molecule has 0 aliphatic carbocycles. The van der Waals surface area contributed by atoms with Gasteiger partial charge in [0.2, 0.25) is 0 Å². The van der Waals surface area contributed by atoms with Gasteiger partial charge in [0.15, 0.2) is 0 Å². The average Bonchev–Trinajstić information content (AvgIpc) is 2.10. The first-order valence-electron chi connectivity index (χ1n) is 2.81. The maximum absolute atomic E-state index is 10.6. The zero-order chi connectivity index (χ0) is 7.72. The first-order valence-corrected chi connectivity index (χ1v) is 3.19. The maximum atomic E-state index is 10.6. The number of halogens is 1. The molecular weight excluding hydrogens is 152 g/mol. The number of hydrogen-bond donors (Lipinski definition) is 0. The van der Waals surface area contributed by atoms with Gasteiger partial charge in [-0.15, -0.1) is 0 Å². The number of rotatable bonds is 1. The van der Waals surface area contributed by atoms with E-state index < -0.39 is 5.24 Å². The minimum absolute atomic E-state index is 0.453. The van der Waals surface area contributed by atoms with E-state index >= 15 is 0 Å². The molecule has 1 aromatic rings. The Morgan fingerprint density at radius 1 is 1.80 bits per heavy atom. The molecule has 4 heteroatoms. The van der Waals surface area contributed by atoms with Crippen molar-refractivity contribution in [2.45, 2.75) is 6.92 Å². The van der Waals surface area contributed by atoms with Crippen LogP contribution in [0, 0.1) is 6.92 Å². The van der Waals surface area contributed by atoms with E-state index in [-0.39, 0.29) is 0 Å². The van der Waals surface area contributed by atoms with E-state index in [4.69, 9.17) is 11.6 Å². The predicted octanol–water partition coefficient (Wildman–Crippen LogP) is 1.11. The number of carbonyl (C=O) groups is 1. The zero-order valence-electron chi connectivity index (χ0n) is 5.76. The molecule has 0 radical (unpaired) electrons. The Morgan fingerprint density at radius 3 is 2.60 bits per heavy atom. The number of aromatic nitrogens is 2. The van der Waals surface area contributed by atoms with Crippen molar-refractivity contribution >= 4 is 16.8 Å². The molecule has 0 saturated heterocycles. The van der Waals surface area contributed by atoms with Crippen molar-refractivity contribution in [3.8, 4) is 0 Å². The molecule has 0 unspecified atom stereocenters. The summed E-state index contributed by atoms with van der Waals surface area (Å²) in [6.45, 7) is 1.75. The Morgan fingerprint density at radius 2 is 2.40 bits per heavy atom. The highest BCUT2D eigenvalue weighted by atomic mass is 35.5. The normalized spacial score (nSPS) is 9.90. The second kappa shape index (κ2) is 2.42. The molecular formula is C6H7ClN2O. The van der Waals surface area contributed by atoms with E-state index in [9.17, 15) is 4.79 Å². The third-order valence-electron chi connectivity index (χ3n) is 1.23. The highest BCUT2D eigenvalue weighted by Crippen LogP contribution is 2.06. The van der Waals surface area contributed by atoms with Crippen LogP contribution in [0.25, 0.3) is 0 Å². The summed E-state index contributed by atoms with van der Waals surface area (Å²) in [4.78, 5) is 10.6. The number of hydrogen-bond acceptors (Lipinski definition) is 2. The van der Waals surface area contributed by atoms with Gasteiger partial charge in [0, 0.05) is 13.2 Å².